The highest BCUT2D eigenvalue weighted by Gasteiger charge is 2.38. The number of hydrogen-bond donors (Lipinski definition) is 1. The molecule has 38 heavy (non-hydrogen) atoms. The maximum absolute atomic E-state index is 13.7. The van der Waals surface area contributed by atoms with Crippen molar-refractivity contribution in [2.75, 3.05) is 26.7 Å². The number of hydrogen-bond acceptors (Lipinski definition) is 7. The summed E-state index contributed by atoms with van der Waals surface area (Å²) in [5.74, 6) is 6.66. The molecular weight excluding hydrogens is 504 g/mol. The van der Waals surface area contributed by atoms with E-state index in [2.05, 4.69) is 21.8 Å². The number of aromatic nitrogens is 2. The zero-order valence-corrected chi connectivity index (χ0v) is 23.0. The minimum atomic E-state index is -3.95. The van der Waals surface area contributed by atoms with Gasteiger partial charge in [-0.15, -0.1) is 0 Å². The van der Waals surface area contributed by atoms with Gasteiger partial charge in [0, 0.05) is 49.9 Å². The number of carbonyl (C=O) groups is 1. The van der Waals surface area contributed by atoms with Crippen LogP contribution >= 0.6 is 0 Å². The number of carbonyl (C=O) groups excluding carboxylic acids is 1. The molecule has 0 radical (unpaired) electrons. The third kappa shape index (κ3) is 6.34. The Hall–Kier alpha value is -3.00. The Morgan fingerprint density at radius 3 is 2.74 bits per heavy atom. The van der Waals surface area contributed by atoms with Gasteiger partial charge >= 0.3 is 0 Å². The van der Waals surface area contributed by atoms with Crippen LogP contribution in [0.1, 0.15) is 62.0 Å². The highest BCUT2D eigenvalue weighted by atomic mass is 32.2. The highest BCUT2D eigenvalue weighted by Crippen LogP contribution is 2.34. The molecule has 1 N–H and O–H groups in total. The van der Waals surface area contributed by atoms with E-state index >= 15 is 0 Å². The second-order valence-corrected chi connectivity index (χ2v) is 12.2. The molecule has 0 saturated heterocycles. The minimum Gasteiger partial charge on any atom is -0.487 e. The van der Waals surface area contributed by atoms with Gasteiger partial charge in [-0.25, -0.2) is 13.4 Å². The number of likely N-dealkylation sites (N-methyl/N-ethyl adjacent to an activating group) is 1. The van der Waals surface area contributed by atoms with Crippen LogP contribution in [0.25, 0.3) is 0 Å². The summed E-state index contributed by atoms with van der Waals surface area (Å²) < 4.78 is 35.0. The number of rotatable bonds is 6. The molecule has 1 amide bonds. The van der Waals surface area contributed by atoms with E-state index in [1.165, 1.54) is 59.5 Å². The molecule has 2 heterocycles. The Morgan fingerprint density at radius 1 is 1.29 bits per heavy atom. The van der Waals surface area contributed by atoms with Crippen LogP contribution in [0.3, 0.4) is 0 Å². The van der Waals surface area contributed by atoms with Gasteiger partial charge in [-0.3, -0.25) is 9.78 Å². The van der Waals surface area contributed by atoms with Crippen molar-refractivity contribution in [2.45, 2.75) is 63.0 Å². The fourth-order valence-electron chi connectivity index (χ4n) is 4.99. The molecule has 2 aromatic rings. The van der Waals surface area contributed by atoms with Crippen molar-refractivity contribution >= 4 is 15.9 Å². The summed E-state index contributed by atoms with van der Waals surface area (Å²) in [6.07, 6.45) is 9.60. The second-order valence-electron chi connectivity index (χ2n) is 10.3. The van der Waals surface area contributed by atoms with Crippen LogP contribution in [-0.2, 0) is 10.0 Å². The number of aliphatic hydroxyl groups is 1. The third-order valence-electron chi connectivity index (χ3n) is 7.35. The van der Waals surface area contributed by atoms with Gasteiger partial charge in [0.25, 0.3) is 5.91 Å². The number of amides is 1. The minimum absolute atomic E-state index is 0.0268. The molecule has 0 bridgehead atoms. The van der Waals surface area contributed by atoms with E-state index < -0.39 is 22.2 Å². The van der Waals surface area contributed by atoms with Gasteiger partial charge in [0.05, 0.1) is 19.3 Å². The van der Waals surface area contributed by atoms with E-state index in [9.17, 15) is 18.3 Å². The Kier molecular flexibility index (Phi) is 9.03. The van der Waals surface area contributed by atoms with Crippen molar-refractivity contribution in [3.05, 3.63) is 48.0 Å². The van der Waals surface area contributed by atoms with Crippen molar-refractivity contribution in [2.24, 2.45) is 11.8 Å². The molecule has 1 saturated carbocycles. The lowest BCUT2D eigenvalue weighted by atomic mass is 10.0. The first-order valence-corrected chi connectivity index (χ1v) is 14.6. The molecule has 1 aliphatic heterocycles. The molecule has 0 spiro atoms. The summed E-state index contributed by atoms with van der Waals surface area (Å²) in [5, 5.41) is 9.84. The lowest BCUT2D eigenvalue weighted by molar-refractivity contribution is 0.0559. The van der Waals surface area contributed by atoms with Crippen LogP contribution in [0.5, 0.6) is 5.75 Å². The van der Waals surface area contributed by atoms with Gasteiger partial charge in [-0.1, -0.05) is 31.6 Å². The molecule has 10 heteroatoms. The van der Waals surface area contributed by atoms with Gasteiger partial charge in [-0.2, -0.15) is 4.31 Å². The van der Waals surface area contributed by atoms with E-state index in [4.69, 9.17) is 4.74 Å². The largest absolute Gasteiger partial charge is 0.487 e. The summed E-state index contributed by atoms with van der Waals surface area (Å²) in [6.45, 7) is 3.57. The lowest BCUT2D eigenvalue weighted by Crippen LogP contribution is -2.50. The normalized spacial score (nSPS) is 22.2. The fourth-order valence-corrected chi connectivity index (χ4v) is 6.82. The quantitative estimate of drug-likeness (QED) is 0.561. The molecule has 1 aromatic heterocycles. The molecule has 9 nitrogen and oxygen atoms in total. The summed E-state index contributed by atoms with van der Waals surface area (Å²) >= 11 is 0. The highest BCUT2D eigenvalue weighted by molar-refractivity contribution is 7.89. The van der Waals surface area contributed by atoms with E-state index in [-0.39, 0.29) is 47.9 Å². The molecule has 204 valence electrons. The summed E-state index contributed by atoms with van der Waals surface area (Å²) in [4.78, 5) is 22.5. The number of aliphatic hydroxyl groups excluding tert-OH is 1. The van der Waals surface area contributed by atoms with Gasteiger partial charge < -0.3 is 14.7 Å². The number of fused-ring (bicyclic) bond motifs is 1. The summed E-state index contributed by atoms with van der Waals surface area (Å²) in [6, 6.07) is 4.28. The Bertz CT molecular complexity index is 1290. The van der Waals surface area contributed by atoms with Gasteiger partial charge in [-0.05, 0) is 43.9 Å². The predicted octanol–water partition coefficient (Wildman–Crippen LogP) is 2.95. The molecule has 4 rings (SSSR count). The molecular formula is C28H36N4O5S. The van der Waals surface area contributed by atoms with Crippen LogP contribution < -0.4 is 4.74 Å². The van der Waals surface area contributed by atoms with Crippen molar-refractivity contribution in [1.29, 1.82) is 0 Å². The Morgan fingerprint density at radius 2 is 2.05 bits per heavy atom. The first-order valence-electron chi connectivity index (χ1n) is 13.1. The molecule has 1 aromatic carbocycles. The standard InChI is InChI=1S/C28H36N4O5S/c1-20-17-32(21(2)19-33)38(35,36)27-12-11-23(10-6-9-22-7-4-5-8-22)15-25(27)37-26(20)18-31(3)28(34)24-16-29-13-14-30-24/h11-16,20-22,26,33H,4-5,7-9,17-19H2,1-3H3/t20-,21+,26-/m0/s1. The second kappa shape index (κ2) is 12.2. The summed E-state index contributed by atoms with van der Waals surface area (Å²) in [5.41, 5.74) is 0.890. The maximum Gasteiger partial charge on any atom is 0.273 e. The van der Waals surface area contributed by atoms with Crippen LogP contribution in [0, 0.1) is 23.7 Å². The van der Waals surface area contributed by atoms with Gasteiger partial charge in [0.1, 0.15) is 22.4 Å². The van der Waals surface area contributed by atoms with Crippen LogP contribution in [0.15, 0.2) is 41.7 Å². The molecule has 0 unspecified atom stereocenters. The van der Waals surface area contributed by atoms with Crippen molar-refractivity contribution in [1.82, 2.24) is 19.2 Å². The van der Waals surface area contributed by atoms with E-state index in [1.807, 2.05) is 6.92 Å². The monoisotopic (exact) mass is 540 g/mol. The van der Waals surface area contributed by atoms with E-state index in [0.29, 0.717) is 11.5 Å². The van der Waals surface area contributed by atoms with Crippen LogP contribution in [-0.4, -0.2) is 77.5 Å². The number of sulfonamides is 1. The first-order chi connectivity index (χ1) is 18.2. The first kappa shape index (κ1) is 28.0. The zero-order valence-electron chi connectivity index (χ0n) is 22.2. The van der Waals surface area contributed by atoms with Gasteiger partial charge in [0.2, 0.25) is 10.0 Å². The fraction of sp³-hybridized carbons (Fsp3) is 0.536. The SMILES string of the molecule is C[C@H](CO)N1C[C@H](C)[C@H](CN(C)C(=O)c2cnccn2)Oc2cc(C#CCC3CCCC3)ccc2S1(=O)=O. The number of nitrogens with zero attached hydrogens (tertiary/aromatic N) is 4. The van der Waals surface area contributed by atoms with Crippen molar-refractivity contribution in [3.8, 4) is 17.6 Å². The zero-order chi connectivity index (χ0) is 27.3. The maximum atomic E-state index is 13.7. The lowest BCUT2D eigenvalue weighted by Gasteiger charge is -2.37. The molecule has 1 aliphatic carbocycles. The number of benzene rings is 1. The van der Waals surface area contributed by atoms with Crippen molar-refractivity contribution < 1.29 is 23.1 Å². The average molecular weight is 541 g/mol. The molecule has 2 aliphatic rings. The van der Waals surface area contributed by atoms with E-state index in [1.54, 1.807) is 26.1 Å². The molecule has 1 fully saturated rings. The van der Waals surface area contributed by atoms with Crippen LogP contribution in [0.2, 0.25) is 0 Å². The summed E-state index contributed by atoms with van der Waals surface area (Å²) in [7, 11) is -2.29. The van der Waals surface area contributed by atoms with E-state index in [0.717, 1.165) is 6.42 Å². The number of ether oxygens (including phenoxy) is 1. The van der Waals surface area contributed by atoms with Crippen molar-refractivity contribution in [3.63, 3.8) is 0 Å². The Labute approximate surface area is 225 Å². The predicted molar refractivity (Wildman–Crippen MR) is 143 cm³/mol. The van der Waals surface area contributed by atoms with Gasteiger partial charge in [0.15, 0.2) is 0 Å². The van der Waals surface area contributed by atoms with Crippen LogP contribution in [0.4, 0.5) is 0 Å². The third-order valence-corrected chi connectivity index (χ3v) is 9.37. The topological polar surface area (TPSA) is 113 Å². The average Bonchev–Trinajstić information content (AvgIpc) is 3.43. The molecule has 3 atom stereocenters. The smallest absolute Gasteiger partial charge is 0.273 e. The Balaban J connectivity index is 1.66.